The Hall–Kier alpha value is -1.88. The summed E-state index contributed by atoms with van der Waals surface area (Å²) < 4.78 is 17.4. The molecule has 0 aliphatic rings. The highest BCUT2D eigenvalue weighted by atomic mass is 16.6. The molecule has 0 aliphatic heterocycles. The predicted octanol–water partition coefficient (Wildman–Crippen LogP) is 18.6. The van der Waals surface area contributed by atoms with Gasteiger partial charge in [0.1, 0.15) is 6.61 Å². The summed E-state index contributed by atoms with van der Waals surface area (Å²) in [6.07, 6.45) is 64.4. The molecule has 0 aromatic heterocycles. The number of carbonyl (C=O) groups excluding carboxylic acids is 2. The van der Waals surface area contributed by atoms with Gasteiger partial charge in [0.15, 0.2) is 6.10 Å². The molecule has 0 aromatic carbocycles. The van der Waals surface area contributed by atoms with Crippen LogP contribution in [0, 0.1) is 0 Å². The number of esters is 2. The van der Waals surface area contributed by atoms with E-state index in [1.807, 2.05) is 0 Å². The van der Waals surface area contributed by atoms with Gasteiger partial charge >= 0.3 is 11.9 Å². The van der Waals surface area contributed by atoms with Gasteiger partial charge in [-0.3, -0.25) is 9.59 Å². The molecule has 5 heteroatoms. The van der Waals surface area contributed by atoms with Crippen molar-refractivity contribution in [3.63, 3.8) is 0 Å². The van der Waals surface area contributed by atoms with Gasteiger partial charge in [-0.05, 0) is 77.0 Å². The second-order valence-corrected chi connectivity index (χ2v) is 18.5. The molecule has 0 saturated heterocycles. The van der Waals surface area contributed by atoms with Crippen LogP contribution in [0.2, 0.25) is 0 Å². The fraction of sp³-hybridized carbons (Fsp3) is 0.860. The molecule has 0 aliphatic carbocycles. The van der Waals surface area contributed by atoms with Gasteiger partial charge < -0.3 is 14.2 Å². The summed E-state index contributed by atoms with van der Waals surface area (Å²) in [5, 5.41) is 0. The number of hydrogen-bond acceptors (Lipinski definition) is 5. The average Bonchev–Trinajstić information content (AvgIpc) is 3.27. The Morgan fingerprint density at radius 2 is 0.677 bits per heavy atom. The van der Waals surface area contributed by atoms with Crippen LogP contribution in [0.4, 0.5) is 0 Å². The lowest BCUT2D eigenvalue weighted by Crippen LogP contribution is -2.30. The summed E-state index contributed by atoms with van der Waals surface area (Å²) >= 11 is 0. The van der Waals surface area contributed by atoms with E-state index in [-0.39, 0.29) is 25.2 Å². The molecule has 0 spiro atoms. The Balaban J connectivity index is 4.27. The summed E-state index contributed by atoms with van der Waals surface area (Å²) in [4.78, 5) is 25.4. The van der Waals surface area contributed by atoms with E-state index in [4.69, 9.17) is 14.2 Å². The molecule has 1 atom stereocenters. The van der Waals surface area contributed by atoms with Gasteiger partial charge in [0.25, 0.3) is 0 Å². The van der Waals surface area contributed by atoms with Crippen LogP contribution in [0.25, 0.3) is 0 Å². The van der Waals surface area contributed by atoms with E-state index in [9.17, 15) is 9.59 Å². The van der Waals surface area contributed by atoms with E-state index < -0.39 is 6.10 Å². The number of ether oxygens (including phenoxy) is 3. The second kappa shape index (κ2) is 53.5. The van der Waals surface area contributed by atoms with Crippen molar-refractivity contribution in [3.8, 4) is 0 Å². The van der Waals surface area contributed by atoms with Gasteiger partial charge in [0.05, 0.1) is 6.61 Å². The first-order chi connectivity index (χ1) is 30.6. The lowest BCUT2D eigenvalue weighted by molar-refractivity contribution is -0.163. The molecule has 0 unspecified atom stereocenters. The minimum atomic E-state index is -0.542. The molecule has 0 bridgehead atoms. The lowest BCUT2D eigenvalue weighted by Gasteiger charge is -2.18. The molecule has 5 nitrogen and oxygen atoms in total. The third-order valence-corrected chi connectivity index (χ3v) is 12.1. The standard InChI is InChI=1S/C57H106O5/c1-4-7-10-13-16-19-22-25-28-31-34-37-40-43-46-49-52-60-53-55(62-57(59)51-48-45-42-39-36-33-30-27-24-21-18-15-12-9-6-3)54-61-56(58)50-47-44-41-38-35-32-29-26-23-20-17-14-11-8-5-2/h18,21,26-27,29-30,55H,4-17,19-20,22-25,28,31-54H2,1-3H3/b21-18-,29-26-,30-27-/t55-/m1/s1. The monoisotopic (exact) mass is 871 g/mol. The van der Waals surface area contributed by atoms with Crippen molar-refractivity contribution >= 4 is 11.9 Å². The molecular weight excluding hydrogens is 765 g/mol. The van der Waals surface area contributed by atoms with Crippen molar-refractivity contribution in [2.24, 2.45) is 0 Å². The first kappa shape index (κ1) is 60.1. The number of rotatable bonds is 51. The van der Waals surface area contributed by atoms with E-state index in [0.29, 0.717) is 19.4 Å². The molecule has 0 amide bonds. The maximum absolute atomic E-state index is 12.8. The molecule has 0 aromatic rings. The van der Waals surface area contributed by atoms with Crippen LogP contribution in [-0.2, 0) is 23.8 Å². The zero-order valence-corrected chi connectivity index (χ0v) is 41.9. The largest absolute Gasteiger partial charge is 0.462 e. The number of unbranched alkanes of at least 4 members (excludes halogenated alkanes) is 34. The van der Waals surface area contributed by atoms with Crippen LogP contribution in [-0.4, -0.2) is 37.9 Å². The maximum atomic E-state index is 12.8. The van der Waals surface area contributed by atoms with Gasteiger partial charge in [-0.1, -0.05) is 237 Å². The highest BCUT2D eigenvalue weighted by Crippen LogP contribution is 2.15. The van der Waals surface area contributed by atoms with Crippen molar-refractivity contribution < 1.29 is 23.8 Å². The molecule has 0 heterocycles. The number of carbonyl (C=O) groups is 2. The number of allylic oxidation sites excluding steroid dienone is 6. The zero-order chi connectivity index (χ0) is 44.9. The molecule has 0 fully saturated rings. The van der Waals surface area contributed by atoms with Crippen molar-refractivity contribution in [1.29, 1.82) is 0 Å². The van der Waals surface area contributed by atoms with Gasteiger partial charge in [0.2, 0.25) is 0 Å². The third kappa shape index (κ3) is 50.8. The Labute approximate surface area is 387 Å². The van der Waals surface area contributed by atoms with E-state index in [2.05, 4.69) is 57.2 Å². The van der Waals surface area contributed by atoms with E-state index in [1.165, 1.54) is 193 Å². The quantitative estimate of drug-likeness (QED) is 0.0346. The van der Waals surface area contributed by atoms with Gasteiger partial charge in [-0.2, -0.15) is 0 Å². The van der Waals surface area contributed by atoms with Crippen molar-refractivity contribution in [2.75, 3.05) is 19.8 Å². The molecule has 0 rings (SSSR count). The molecule has 62 heavy (non-hydrogen) atoms. The van der Waals surface area contributed by atoms with Gasteiger partial charge in [-0.25, -0.2) is 0 Å². The van der Waals surface area contributed by atoms with Crippen LogP contribution in [0.5, 0.6) is 0 Å². The normalized spacial score (nSPS) is 12.4. The van der Waals surface area contributed by atoms with Gasteiger partial charge in [0, 0.05) is 19.4 Å². The Kier molecular flexibility index (Phi) is 51.8. The second-order valence-electron chi connectivity index (χ2n) is 18.5. The fourth-order valence-electron chi connectivity index (χ4n) is 8.01. The van der Waals surface area contributed by atoms with E-state index in [1.54, 1.807) is 0 Å². The van der Waals surface area contributed by atoms with Gasteiger partial charge in [-0.15, -0.1) is 0 Å². The smallest absolute Gasteiger partial charge is 0.306 e. The zero-order valence-electron chi connectivity index (χ0n) is 41.9. The summed E-state index contributed by atoms with van der Waals surface area (Å²) in [6, 6.07) is 0. The lowest BCUT2D eigenvalue weighted by atomic mass is 10.0. The maximum Gasteiger partial charge on any atom is 0.306 e. The van der Waals surface area contributed by atoms with Crippen LogP contribution in [0.3, 0.4) is 0 Å². The molecule has 0 radical (unpaired) electrons. The Bertz CT molecular complexity index is 986. The predicted molar refractivity (Wildman–Crippen MR) is 270 cm³/mol. The topological polar surface area (TPSA) is 61.8 Å². The van der Waals surface area contributed by atoms with Crippen LogP contribution >= 0.6 is 0 Å². The molecular formula is C57H106O5. The summed E-state index contributed by atoms with van der Waals surface area (Å²) in [6.45, 7) is 7.83. The average molecular weight is 871 g/mol. The van der Waals surface area contributed by atoms with Crippen molar-refractivity contribution in [1.82, 2.24) is 0 Å². The van der Waals surface area contributed by atoms with Crippen LogP contribution < -0.4 is 0 Å². The first-order valence-electron chi connectivity index (χ1n) is 27.5. The van der Waals surface area contributed by atoms with E-state index in [0.717, 1.165) is 64.2 Å². The van der Waals surface area contributed by atoms with Crippen LogP contribution in [0.15, 0.2) is 36.5 Å². The fourth-order valence-corrected chi connectivity index (χ4v) is 8.01. The Morgan fingerprint density at radius 1 is 0.355 bits per heavy atom. The summed E-state index contributed by atoms with van der Waals surface area (Å²) in [7, 11) is 0. The minimum Gasteiger partial charge on any atom is -0.462 e. The highest BCUT2D eigenvalue weighted by molar-refractivity contribution is 5.70. The summed E-state index contributed by atoms with van der Waals surface area (Å²) in [5.41, 5.74) is 0. The number of hydrogen-bond donors (Lipinski definition) is 0. The molecule has 0 N–H and O–H groups in total. The summed E-state index contributed by atoms with van der Waals surface area (Å²) in [5.74, 6) is -0.407. The first-order valence-corrected chi connectivity index (χ1v) is 27.5. The molecule has 0 saturated carbocycles. The van der Waals surface area contributed by atoms with Crippen molar-refractivity contribution in [2.45, 2.75) is 297 Å². The SMILES string of the molecule is CCCCC/C=C\C/C=C\CCCCCCCC(=O)O[C@H](COCCCCCCCCCCCCCCCCCC)COC(=O)CCCCCCC/C=C\CCCCCCCC. The Morgan fingerprint density at radius 3 is 1.11 bits per heavy atom. The van der Waals surface area contributed by atoms with E-state index >= 15 is 0 Å². The van der Waals surface area contributed by atoms with Crippen molar-refractivity contribution in [3.05, 3.63) is 36.5 Å². The highest BCUT2D eigenvalue weighted by Gasteiger charge is 2.17. The third-order valence-electron chi connectivity index (χ3n) is 12.1. The molecule has 364 valence electrons. The van der Waals surface area contributed by atoms with Crippen LogP contribution in [0.1, 0.15) is 290 Å². The minimum absolute atomic E-state index is 0.0801.